The number of ether oxygens (including phenoxy) is 5. The largest absolute Gasteiger partial charge is 0.496 e. The molecule has 0 unspecified atom stereocenters. The van der Waals surface area contributed by atoms with E-state index < -0.39 is 0 Å². The summed E-state index contributed by atoms with van der Waals surface area (Å²) in [5, 5.41) is 0. The van der Waals surface area contributed by atoms with E-state index in [-0.39, 0.29) is 5.78 Å². The second-order valence-electron chi connectivity index (χ2n) is 5.85. The van der Waals surface area contributed by atoms with Gasteiger partial charge < -0.3 is 23.7 Å². The van der Waals surface area contributed by atoms with E-state index in [1.54, 1.807) is 57.4 Å². The van der Waals surface area contributed by atoms with Gasteiger partial charge in [0.15, 0.2) is 17.3 Å². The van der Waals surface area contributed by atoms with Crippen LogP contribution in [-0.2, 0) is 0 Å². The predicted molar refractivity (Wildman–Crippen MR) is 109 cm³/mol. The number of rotatable bonds is 7. The van der Waals surface area contributed by atoms with Gasteiger partial charge in [0.2, 0.25) is 5.75 Å². The third-order valence-electron chi connectivity index (χ3n) is 4.24. The molecule has 3 rings (SSSR count). The molecule has 2 aromatic rings. The minimum absolute atomic E-state index is 0.167. The fraction of sp³-hybridized carbons (Fsp3) is 0.286. The van der Waals surface area contributed by atoms with E-state index in [9.17, 15) is 4.79 Å². The van der Waals surface area contributed by atoms with E-state index in [1.165, 1.54) is 13.2 Å². The first kappa shape index (κ1) is 19.9. The maximum Gasteiger partial charge on any atom is 0.203 e. The third kappa shape index (κ3) is 4.04. The molecule has 0 saturated heterocycles. The number of carbonyl (C=O) groups excluding carboxylic acids is 1. The maximum absolute atomic E-state index is 12.8. The highest BCUT2D eigenvalue weighted by atomic mass is 32.2. The SMILES string of the molecule is COc1cc2c(cc1C(=O)C=Cc1cc(OC)c(OC)c(OC)c1)SCCO2. The van der Waals surface area contributed by atoms with Gasteiger partial charge in [0.25, 0.3) is 0 Å². The monoisotopic (exact) mass is 402 g/mol. The zero-order chi connectivity index (χ0) is 20.1. The molecule has 0 radical (unpaired) electrons. The van der Waals surface area contributed by atoms with E-state index in [0.717, 1.165) is 22.0 Å². The number of benzene rings is 2. The topological polar surface area (TPSA) is 63.2 Å². The third-order valence-corrected chi connectivity index (χ3v) is 5.24. The smallest absolute Gasteiger partial charge is 0.203 e. The van der Waals surface area contributed by atoms with Crippen LogP contribution in [0.5, 0.6) is 28.7 Å². The van der Waals surface area contributed by atoms with Gasteiger partial charge in [-0.3, -0.25) is 4.79 Å². The van der Waals surface area contributed by atoms with Crippen molar-refractivity contribution < 1.29 is 28.5 Å². The second-order valence-corrected chi connectivity index (χ2v) is 6.99. The van der Waals surface area contributed by atoms with Crippen LogP contribution in [0.1, 0.15) is 15.9 Å². The van der Waals surface area contributed by atoms with Crippen molar-refractivity contribution in [3.8, 4) is 28.7 Å². The minimum atomic E-state index is -0.167. The number of carbonyl (C=O) groups is 1. The van der Waals surface area contributed by atoms with E-state index in [1.807, 2.05) is 6.07 Å². The van der Waals surface area contributed by atoms with E-state index in [4.69, 9.17) is 23.7 Å². The molecule has 0 N–H and O–H groups in total. The molecule has 1 aliphatic rings. The maximum atomic E-state index is 12.8. The molecule has 0 amide bonds. The van der Waals surface area contributed by atoms with Crippen molar-refractivity contribution in [1.29, 1.82) is 0 Å². The molecule has 1 aliphatic heterocycles. The van der Waals surface area contributed by atoms with Crippen molar-refractivity contribution in [1.82, 2.24) is 0 Å². The van der Waals surface area contributed by atoms with Crippen LogP contribution in [-0.4, -0.2) is 46.6 Å². The molecule has 148 valence electrons. The molecule has 2 aromatic carbocycles. The van der Waals surface area contributed by atoms with Crippen LogP contribution < -0.4 is 23.7 Å². The van der Waals surface area contributed by atoms with Crippen LogP contribution in [0.2, 0.25) is 0 Å². The van der Waals surface area contributed by atoms with Crippen molar-refractivity contribution in [3.63, 3.8) is 0 Å². The van der Waals surface area contributed by atoms with E-state index >= 15 is 0 Å². The first-order valence-electron chi connectivity index (χ1n) is 8.61. The highest BCUT2D eigenvalue weighted by Crippen LogP contribution is 2.40. The van der Waals surface area contributed by atoms with Gasteiger partial charge in [-0.15, -0.1) is 11.8 Å². The molecule has 28 heavy (non-hydrogen) atoms. The van der Waals surface area contributed by atoms with Gasteiger partial charge in [0, 0.05) is 11.8 Å². The number of methoxy groups -OCH3 is 4. The number of thioether (sulfide) groups is 1. The zero-order valence-corrected chi connectivity index (χ0v) is 17.1. The Morgan fingerprint density at radius 1 is 0.964 bits per heavy atom. The lowest BCUT2D eigenvalue weighted by molar-refractivity contribution is 0.104. The van der Waals surface area contributed by atoms with Gasteiger partial charge in [-0.05, 0) is 29.8 Å². The lowest BCUT2D eigenvalue weighted by atomic mass is 10.1. The van der Waals surface area contributed by atoms with Gasteiger partial charge in [0.05, 0.1) is 45.5 Å². The Morgan fingerprint density at radius 3 is 2.25 bits per heavy atom. The summed E-state index contributed by atoms with van der Waals surface area (Å²) in [5.41, 5.74) is 1.24. The molecule has 1 heterocycles. The molecule has 0 aliphatic carbocycles. The van der Waals surface area contributed by atoms with Crippen molar-refractivity contribution in [2.24, 2.45) is 0 Å². The molecular formula is C21H22O6S. The molecular weight excluding hydrogens is 380 g/mol. The van der Waals surface area contributed by atoms with Crippen molar-refractivity contribution in [2.45, 2.75) is 4.90 Å². The Balaban J connectivity index is 1.92. The second kappa shape index (κ2) is 8.93. The average Bonchev–Trinajstić information content (AvgIpc) is 2.75. The lowest BCUT2D eigenvalue weighted by Crippen LogP contribution is -2.08. The minimum Gasteiger partial charge on any atom is -0.496 e. The molecule has 0 aromatic heterocycles. The van der Waals surface area contributed by atoms with Gasteiger partial charge in [-0.1, -0.05) is 6.08 Å². The summed E-state index contributed by atoms with van der Waals surface area (Å²) in [5.74, 6) is 3.47. The van der Waals surface area contributed by atoms with E-state index in [2.05, 4.69) is 0 Å². The van der Waals surface area contributed by atoms with Gasteiger partial charge in [0.1, 0.15) is 11.5 Å². The van der Waals surface area contributed by atoms with E-state index in [0.29, 0.717) is 35.2 Å². The van der Waals surface area contributed by atoms with Crippen LogP contribution in [0, 0.1) is 0 Å². The van der Waals surface area contributed by atoms with Crippen LogP contribution >= 0.6 is 11.8 Å². The molecule has 0 bridgehead atoms. The van der Waals surface area contributed by atoms with Crippen LogP contribution in [0.3, 0.4) is 0 Å². The number of fused-ring (bicyclic) bond motifs is 1. The first-order chi connectivity index (χ1) is 13.6. The molecule has 7 heteroatoms. The highest BCUT2D eigenvalue weighted by molar-refractivity contribution is 7.99. The number of hydrogen-bond donors (Lipinski definition) is 0. The molecule has 0 spiro atoms. The quantitative estimate of drug-likeness (QED) is 0.510. The highest BCUT2D eigenvalue weighted by Gasteiger charge is 2.19. The average molecular weight is 402 g/mol. The summed E-state index contributed by atoms with van der Waals surface area (Å²) in [6.45, 7) is 0.648. The van der Waals surface area contributed by atoms with Gasteiger partial charge in [-0.2, -0.15) is 0 Å². The Bertz CT molecular complexity index is 881. The first-order valence-corrected chi connectivity index (χ1v) is 9.59. The van der Waals surface area contributed by atoms with Crippen molar-refractivity contribution >= 4 is 23.6 Å². The Morgan fingerprint density at radius 2 is 1.64 bits per heavy atom. The van der Waals surface area contributed by atoms with Crippen LogP contribution in [0.25, 0.3) is 6.08 Å². The summed E-state index contributed by atoms with van der Waals surface area (Å²) in [4.78, 5) is 13.8. The zero-order valence-electron chi connectivity index (χ0n) is 16.2. The summed E-state index contributed by atoms with van der Waals surface area (Å²) in [7, 11) is 6.18. The lowest BCUT2D eigenvalue weighted by Gasteiger charge is -2.18. The molecule has 0 atom stereocenters. The molecule has 6 nitrogen and oxygen atoms in total. The molecule has 0 fully saturated rings. The Hall–Kier alpha value is -2.80. The Labute approximate surface area is 168 Å². The van der Waals surface area contributed by atoms with Gasteiger partial charge >= 0.3 is 0 Å². The normalized spacial score (nSPS) is 12.9. The van der Waals surface area contributed by atoms with Crippen LogP contribution in [0.15, 0.2) is 35.2 Å². The fourth-order valence-corrected chi connectivity index (χ4v) is 3.74. The summed E-state index contributed by atoms with van der Waals surface area (Å²) < 4.78 is 27.0. The molecule has 0 saturated carbocycles. The number of allylic oxidation sites excluding steroid dienone is 1. The fourth-order valence-electron chi connectivity index (χ4n) is 2.89. The summed E-state index contributed by atoms with van der Waals surface area (Å²) in [6, 6.07) is 7.14. The summed E-state index contributed by atoms with van der Waals surface area (Å²) in [6.07, 6.45) is 3.20. The van der Waals surface area contributed by atoms with Crippen molar-refractivity contribution in [2.75, 3.05) is 40.8 Å². The standard InChI is InChI=1S/C21H22O6S/c1-23-16-12-17-20(28-8-7-27-17)11-14(16)15(22)6-5-13-9-18(24-2)21(26-4)19(10-13)25-3/h5-6,9-12H,7-8H2,1-4H3. The summed E-state index contributed by atoms with van der Waals surface area (Å²) >= 11 is 1.66. The number of ketones is 1. The van der Waals surface area contributed by atoms with Gasteiger partial charge in [-0.25, -0.2) is 0 Å². The van der Waals surface area contributed by atoms with Crippen LogP contribution in [0.4, 0.5) is 0 Å². The predicted octanol–water partition coefficient (Wildman–Crippen LogP) is 4.10. The number of hydrogen-bond acceptors (Lipinski definition) is 7. The Kier molecular flexibility index (Phi) is 6.36. The van der Waals surface area contributed by atoms with Crippen molar-refractivity contribution in [3.05, 3.63) is 41.5 Å².